The fraction of sp³-hybridized carbons (Fsp3) is 0.462. The molecular formula is C13H19NO. The van der Waals surface area contributed by atoms with Crippen molar-refractivity contribution in [3.63, 3.8) is 0 Å². The molecule has 1 aromatic rings. The van der Waals surface area contributed by atoms with Gasteiger partial charge in [0.05, 0.1) is 6.54 Å². The van der Waals surface area contributed by atoms with Crippen LogP contribution in [0, 0.1) is 0 Å². The second-order valence-corrected chi connectivity index (χ2v) is 3.65. The molecule has 1 N–H and O–H groups in total. The first-order valence-electron chi connectivity index (χ1n) is 5.60. The summed E-state index contributed by atoms with van der Waals surface area (Å²) < 4.78 is 0. The molecule has 82 valence electrons. The van der Waals surface area contributed by atoms with Gasteiger partial charge in [-0.05, 0) is 24.6 Å². The zero-order valence-corrected chi connectivity index (χ0v) is 9.55. The lowest BCUT2D eigenvalue weighted by Gasteiger charge is -2.04. The number of hydrogen-bond acceptors (Lipinski definition) is 2. The van der Waals surface area contributed by atoms with E-state index in [-0.39, 0.29) is 5.78 Å². The van der Waals surface area contributed by atoms with Gasteiger partial charge in [0.15, 0.2) is 5.78 Å². The average molecular weight is 205 g/mol. The molecule has 0 unspecified atom stereocenters. The van der Waals surface area contributed by atoms with Gasteiger partial charge in [-0.2, -0.15) is 0 Å². The van der Waals surface area contributed by atoms with Crippen LogP contribution in [0.4, 0.5) is 0 Å². The number of benzene rings is 1. The van der Waals surface area contributed by atoms with Gasteiger partial charge >= 0.3 is 0 Å². The van der Waals surface area contributed by atoms with Gasteiger partial charge in [-0.1, -0.05) is 38.5 Å². The van der Waals surface area contributed by atoms with Gasteiger partial charge in [-0.3, -0.25) is 4.79 Å². The van der Waals surface area contributed by atoms with Gasteiger partial charge < -0.3 is 5.32 Å². The average Bonchev–Trinajstić information content (AvgIpc) is 2.27. The summed E-state index contributed by atoms with van der Waals surface area (Å²) in [5.41, 5.74) is 2.07. The largest absolute Gasteiger partial charge is 0.310 e. The zero-order valence-electron chi connectivity index (χ0n) is 9.55. The lowest BCUT2D eigenvalue weighted by Crippen LogP contribution is -2.22. The topological polar surface area (TPSA) is 29.1 Å². The molecule has 0 heterocycles. The highest BCUT2D eigenvalue weighted by molar-refractivity contribution is 5.97. The first kappa shape index (κ1) is 11.9. The summed E-state index contributed by atoms with van der Waals surface area (Å²) in [5, 5.41) is 3.05. The van der Waals surface area contributed by atoms with Crippen molar-refractivity contribution in [1.82, 2.24) is 5.32 Å². The third kappa shape index (κ3) is 3.84. The minimum Gasteiger partial charge on any atom is -0.310 e. The van der Waals surface area contributed by atoms with E-state index in [1.807, 2.05) is 25.1 Å². The summed E-state index contributed by atoms with van der Waals surface area (Å²) in [6, 6.07) is 7.93. The molecule has 0 atom stereocenters. The highest BCUT2D eigenvalue weighted by atomic mass is 16.1. The first-order valence-corrected chi connectivity index (χ1v) is 5.60. The molecule has 0 aliphatic rings. The molecule has 0 bridgehead atoms. The summed E-state index contributed by atoms with van der Waals surface area (Å²) in [4.78, 5) is 11.7. The van der Waals surface area contributed by atoms with Gasteiger partial charge in [0, 0.05) is 5.56 Å². The molecule has 0 aliphatic carbocycles. The van der Waals surface area contributed by atoms with Gasteiger partial charge in [0.1, 0.15) is 0 Å². The Balaban J connectivity index is 2.67. The monoisotopic (exact) mass is 205 g/mol. The highest BCUT2D eigenvalue weighted by Gasteiger charge is 2.04. The number of carbonyl (C=O) groups excluding carboxylic acids is 1. The van der Waals surface area contributed by atoms with E-state index >= 15 is 0 Å². The number of carbonyl (C=O) groups is 1. The van der Waals surface area contributed by atoms with E-state index in [0.29, 0.717) is 6.54 Å². The van der Waals surface area contributed by atoms with E-state index in [9.17, 15) is 4.79 Å². The molecule has 0 spiro atoms. The predicted molar refractivity (Wildman–Crippen MR) is 63.3 cm³/mol. The van der Waals surface area contributed by atoms with E-state index in [2.05, 4.69) is 18.3 Å². The molecule has 0 aromatic heterocycles. The Morgan fingerprint density at radius 2 is 2.13 bits per heavy atom. The van der Waals surface area contributed by atoms with E-state index in [1.165, 1.54) is 5.56 Å². The molecule has 2 heteroatoms. The number of hydrogen-bond donors (Lipinski definition) is 1. The predicted octanol–water partition coefficient (Wildman–Crippen LogP) is 2.43. The third-order valence-electron chi connectivity index (χ3n) is 2.32. The van der Waals surface area contributed by atoms with Crippen LogP contribution in [-0.4, -0.2) is 18.9 Å². The van der Waals surface area contributed by atoms with Crippen molar-refractivity contribution < 1.29 is 4.79 Å². The SMILES string of the molecule is CCCc1cccc(C(=O)CNCC)c1. The minimum atomic E-state index is 0.176. The van der Waals surface area contributed by atoms with Crippen molar-refractivity contribution >= 4 is 5.78 Å². The van der Waals surface area contributed by atoms with Crippen molar-refractivity contribution in [3.05, 3.63) is 35.4 Å². The first-order chi connectivity index (χ1) is 7.27. The summed E-state index contributed by atoms with van der Waals surface area (Å²) in [6.07, 6.45) is 2.16. The van der Waals surface area contributed by atoms with E-state index in [4.69, 9.17) is 0 Å². The van der Waals surface area contributed by atoms with Crippen molar-refractivity contribution in [2.75, 3.05) is 13.1 Å². The maximum Gasteiger partial charge on any atom is 0.176 e. The fourth-order valence-electron chi connectivity index (χ4n) is 1.53. The summed E-state index contributed by atoms with van der Waals surface area (Å²) in [7, 11) is 0. The quantitative estimate of drug-likeness (QED) is 0.723. The van der Waals surface area contributed by atoms with Crippen molar-refractivity contribution in [3.8, 4) is 0 Å². The van der Waals surface area contributed by atoms with Crippen LogP contribution in [0.3, 0.4) is 0 Å². The second-order valence-electron chi connectivity index (χ2n) is 3.65. The number of Topliss-reactive ketones (excluding diaryl/α,β-unsaturated/α-hetero) is 1. The Bertz CT molecular complexity index is 320. The normalized spacial score (nSPS) is 10.3. The van der Waals surface area contributed by atoms with Gasteiger partial charge in [0.2, 0.25) is 0 Å². The second kappa shape index (κ2) is 6.36. The molecule has 0 amide bonds. The lowest BCUT2D eigenvalue weighted by molar-refractivity contribution is 0.0991. The van der Waals surface area contributed by atoms with Crippen LogP contribution in [0.5, 0.6) is 0 Å². The van der Waals surface area contributed by atoms with Crippen LogP contribution in [0.2, 0.25) is 0 Å². The van der Waals surface area contributed by atoms with E-state index in [1.54, 1.807) is 0 Å². The van der Waals surface area contributed by atoms with E-state index in [0.717, 1.165) is 24.9 Å². The number of aryl methyl sites for hydroxylation is 1. The zero-order chi connectivity index (χ0) is 11.1. The molecule has 0 saturated carbocycles. The maximum atomic E-state index is 11.7. The van der Waals surface area contributed by atoms with Crippen LogP contribution in [-0.2, 0) is 6.42 Å². The van der Waals surface area contributed by atoms with Gasteiger partial charge in [-0.25, -0.2) is 0 Å². The molecule has 0 radical (unpaired) electrons. The van der Waals surface area contributed by atoms with Crippen LogP contribution in [0.1, 0.15) is 36.2 Å². The highest BCUT2D eigenvalue weighted by Crippen LogP contribution is 2.07. The van der Waals surface area contributed by atoms with Crippen LogP contribution in [0.25, 0.3) is 0 Å². The smallest absolute Gasteiger partial charge is 0.176 e. The number of nitrogens with one attached hydrogen (secondary N) is 1. The Labute approximate surface area is 91.7 Å². The molecule has 1 aromatic carbocycles. The Morgan fingerprint density at radius 3 is 2.80 bits per heavy atom. The minimum absolute atomic E-state index is 0.176. The molecule has 0 saturated heterocycles. The summed E-state index contributed by atoms with van der Waals surface area (Å²) >= 11 is 0. The molecule has 1 rings (SSSR count). The van der Waals surface area contributed by atoms with Crippen molar-refractivity contribution in [1.29, 1.82) is 0 Å². The number of likely N-dealkylation sites (N-methyl/N-ethyl adjacent to an activating group) is 1. The van der Waals surface area contributed by atoms with Crippen LogP contribution in [0.15, 0.2) is 24.3 Å². The van der Waals surface area contributed by atoms with Crippen molar-refractivity contribution in [2.24, 2.45) is 0 Å². The Kier molecular flexibility index (Phi) is 5.05. The number of ketones is 1. The summed E-state index contributed by atoms with van der Waals surface area (Å²) in [6.45, 7) is 5.42. The summed E-state index contributed by atoms with van der Waals surface area (Å²) in [5.74, 6) is 0.176. The van der Waals surface area contributed by atoms with Gasteiger partial charge in [0.25, 0.3) is 0 Å². The molecule has 2 nitrogen and oxygen atoms in total. The van der Waals surface area contributed by atoms with Crippen LogP contribution >= 0.6 is 0 Å². The fourth-order valence-corrected chi connectivity index (χ4v) is 1.53. The van der Waals surface area contributed by atoms with Crippen molar-refractivity contribution in [2.45, 2.75) is 26.7 Å². The third-order valence-corrected chi connectivity index (χ3v) is 2.32. The Morgan fingerprint density at radius 1 is 1.33 bits per heavy atom. The van der Waals surface area contributed by atoms with E-state index < -0.39 is 0 Å². The Hall–Kier alpha value is -1.15. The lowest BCUT2D eigenvalue weighted by atomic mass is 10.0. The molecule has 0 fully saturated rings. The molecule has 15 heavy (non-hydrogen) atoms. The molecule has 0 aliphatic heterocycles. The van der Waals surface area contributed by atoms with Crippen LogP contribution < -0.4 is 5.32 Å². The standard InChI is InChI=1S/C13H19NO/c1-3-6-11-7-5-8-12(9-11)13(15)10-14-4-2/h5,7-9,14H,3-4,6,10H2,1-2H3. The number of rotatable bonds is 6. The van der Waals surface area contributed by atoms with Gasteiger partial charge in [-0.15, -0.1) is 0 Å². The molecular weight excluding hydrogens is 186 g/mol. The maximum absolute atomic E-state index is 11.7.